The maximum atomic E-state index is 12.3. The van der Waals surface area contributed by atoms with Crippen molar-refractivity contribution in [3.63, 3.8) is 0 Å². The summed E-state index contributed by atoms with van der Waals surface area (Å²) in [5.74, 6) is 0.512. The van der Waals surface area contributed by atoms with Gasteiger partial charge in [-0.3, -0.25) is 9.88 Å². The highest BCUT2D eigenvalue weighted by Crippen LogP contribution is 2.41. The Balaban J connectivity index is 1.36. The third kappa shape index (κ3) is 3.13. The molecule has 3 aliphatic rings. The molecule has 24 heavy (non-hydrogen) atoms. The van der Waals surface area contributed by atoms with Gasteiger partial charge in [-0.2, -0.15) is 0 Å². The molecule has 2 atom stereocenters. The molecular formula is C18H26N4O2. The first kappa shape index (κ1) is 15.8. The molecule has 0 saturated carbocycles. The zero-order valence-corrected chi connectivity index (χ0v) is 14.1. The summed E-state index contributed by atoms with van der Waals surface area (Å²) in [6, 6.07) is 4.25. The van der Waals surface area contributed by atoms with Crippen LogP contribution in [-0.2, 0) is 11.3 Å². The molecule has 4 heterocycles. The van der Waals surface area contributed by atoms with Crippen LogP contribution >= 0.6 is 0 Å². The molecule has 3 saturated heterocycles. The Bertz CT molecular complexity index is 576. The van der Waals surface area contributed by atoms with E-state index in [0.29, 0.717) is 5.92 Å². The Kier molecular flexibility index (Phi) is 4.41. The van der Waals surface area contributed by atoms with E-state index in [4.69, 9.17) is 4.74 Å². The fourth-order valence-corrected chi connectivity index (χ4v) is 4.34. The summed E-state index contributed by atoms with van der Waals surface area (Å²) < 4.78 is 5.77. The van der Waals surface area contributed by atoms with Crippen molar-refractivity contribution < 1.29 is 9.53 Å². The van der Waals surface area contributed by atoms with Crippen molar-refractivity contribution in [2.24, 2.45) is 11.3 Å². The Labute approximate surface area is 143 Å². The number of aromatic nitrogens is 1. The van der Waals surface area contributed by atoms with E-state index < -0.39 is 0 Å². The van der Waals surface area contributed by atoms with Crippen molar-refractivity contribution >= 4 is 6.03 Å². The number of hydrogen-bond acceptors (Lipinski definition) is 4. The quantitative estimate of drug-likeness (QED) is 0.905. The lowest BCUT2D eigenvalue weighted by Gasteiger charge is -2.29. The number of nitrogens with one attached hydrogen (secondary N) is 1. The summed E-state index contributed by atoms with van der Waals surface area (Å²) >= 11 is 0. The molecule has 3 fully saturated rings. The lowest BCUT2D eigenvalue weighted by molar-refractivity contribution is 0.125. The van der Waals surface area contributed by atoms with E-state index in [1.165, 1.54) is 5.56 Å². The third-order valence-electron chi connectivity index (χ3n) is 5.73. The van der Waals surface area contributed by atoms with Crippen LogP contribution in [0.4, 0.5) is 4.79 Å². The van der Waals surface area contributed by atoms with E-state index in [2.05, 4.69) is 27.3 Å². The van der Waals surface area contributed by atoms with Crippen LogP contribution in [0.25, 0.3) is 0 Å². The number of rotatable bonds is 4. The first-order valence-corrected chi connectivity index (χ1v) is 8.97. The molecule has 1 N–H and O–H groups in total. The van der Waals surface area contributed by atoms with Crippen LogP contribution in [-0.4, -0.2) is 66.8 Å². The Hall–Kier alpha value is -1.66. The fourth-order valence-electron chi connectivity index (χ4n) is 4.34. The molecule has 3 aliphatic heterocycles. The molecule has 130 valence electrons. The summed E-state index contributed by atoms with van der Waals surface area (Å²) in [5.41, 5.74) is 1.37. The van der Waals surface area contributed by atoms with E-state index >= 15 is 0 Å². The molecule has 0 spiro atoms. The van der Waals surface area contributed by atoms with Crippen LogP contribution in [0.1, 0.15) is 18.4 Å². The number of nitrogens with zero attached hydrogens (tertiary/aromatic N) is 3. The van der Waals surface area contributed by atoms with E-state index in [0.717, 1.165) is 65.3 Å². The van der Waals surface area contributed by atoms with Gasteiger partial charge in [0.1, 0.15) is 0 Å². The predicted octanol–water partition coefficient (Wildman–Crippen LogP) is 1.34. The van der Waals surface area contributed by atoms with Gasteiger partial charge in [0.15, 0.2) is 0 Å². The third-order valence-corrected chi connectivity index (χ3v) is 5.73. The molecule has 0 aliphatic carbocycles. The Morgan fingerprint density at radius 3 is 2.92 bits per heavy atom. The maximum Gasteiger partial charge on any atom is 0.317 e. The highest BCUT2D eigenvalue weighted by Gasteiger charge is 2.50. The van der Waals surface area contributed by atoms with Gasteiger partial charge in [0.05, 0.1) is 13.2 Å². The summed E-state index contributed by atoms with van der Waals surface area (Å²) in [6.07, 6.45) is 5.96. The number of hydrogen-bond donors (Lipinski definition) is 1. The normalized spacial score (nSPS) is 29.8. The number of carbonyl (C=O) groups excluding carboxylic acids is 1. The highest BCUT2D eigenvalue weighted by atomic mass is 16.5. The minimum Gasteiger partial charge on any atom is -0.380 e. The van der Waals surface area contributed by atoms with Gasteiger partial charge in [-0.15, -0.1) is 0 Å². The smallest absolute Gasteiger partial charge is 0.317 e. The van der Waals surface area contributed by atoms with Crippen LogP contribution in [0, 0.1) is 11.3 Å². The number of urea groups is 1. The molecule has 2 amide bonds. The first-order chi connectivity index (χ1) is 11.8. The van der Waals surface area contributed by atoms with E-state index in [1.807, 2.05) is 17.3 Å². The lowest BCUT2D eigenvalue weighted by Crippen LogP contribution is -2.47. The average molecular weight is 330 g/mol. The largest absolute Gasteiger partial charge is 0.380 e. The summed E-state index contributed by atoms with van der Waals surface area (Å²) in [7, 11) is 0. The molecule has 0 bridgehead atoms. The Morgan fingerprint density at radius 2 is 2.12 bits per heavy atom. The fraction of sp³-hybridized carbons (Fsp3) is 0.667. The first-order valence-electron chi connectivity index (χ1n) is 8.97. The van der Waals surface area contributed by atoms with E-state index in [-0.39, 0.29) is 11.4 Å². The standard InChI is InChI=1S/C18H26N4O2/c23-17(22-7-1-2-8-22)20-12-18-13-21(10-16(18)11-24-14-18)9-15-3-5-19-6-4-15/h3-6,16H,1-2,7-14H2,(H,20,23)/t16-,18+/m1/s1. The molecule has 1 aromatic heterocycles. The van der Waals surface area contributed by atoms with Gasteiger partial charge in [-0.1, -0.05) is 0 Å². The van der Waals surface area contributed by atoms with Crippen molar-refractivity contribution in [1.82, 2.24) is 20.1 Å². The van der Waals surface area contributed by atoms with Gasteiger partial charge in [-0.05, 0) is 30.5 Å². The van der Waals surface area contributed by atoms with Gasteiger partial charge in [0.25, 0.3) is 0 Å². The SMILES string of the molecule is O=C(NC[C@]12COC[C@H]1CN(Cc1ccncc1)C2)N1CCCC1. The number of pyridine rings is 1. The van der Waals surface area contributed by atoms with E-state index in [9.17, 15) is 4.79 Å². The van der Waals surface area contributed by atoms with Gasteiger partial charge < -0.3 is 15.0 Å². The van der Waals surface area contributed by atoms with Crippen LogP contribution in [0.5, 0.6) is 0 Å². The van der Waals surface area contributed by atoms with Gasteiger partial charge in [0.2, 0.25) is 0 Å². The van der Waals surface area contributed by atoms with E-state index in [1.54, 1.807) is 0 Å². The van der Waals surface area contributed by atoms with Gasteiger partial charge >= 0.3 is 6.03 Å². The summed E-state index contributed by atoms with van der Waals surface area (Å²) in [5, 5.41) is 3.18. The second-order valence-electron chi connectivity index (χ2n) is 7.45. The van der Waals surface area contributed by atoms with Crippen LogP contribution in [0.15, 0.2) is 24.5 Å². The second-order valence-corrected chi connectivity index (χ2v) is 7.45. The summed E-state index contributed by atoms with van der Waals surface area (Å²) in [6.45, 7) is 7.06. The zero-order chi connectivity index (χ0) is 16.4. The van der Waals surface area contributed by atoms with Crippen molar-refractivity contribution in [2.75, 3.05) is 45.9 Å². The summed E-state index contributed by atoms with van der Waals surface area (Å²) in [4.78, 5) is 20.8. The molecule has 1 aromatic rings. The molecule has 0 aromatic carbocycles. The van der Waals surface area contributed by atoms with Crippen molar-refractivity contribution in [1.29, 1.82) is 0 Å². The molecule has 6 nitrogen and oxygen atoms in total. The number of fused-ring (bicyclic) bond motifs is 1. The van der Waals surface area contributed by atoms with Crippen molar-refractivity contribution in [2.45, 2.75) is 19.4 Å². The monoisotopic (exact) mass is 330 g/mol. The highest BCUT2D eigenvalue weighted by molar-refractivity contribution is 5.74. The zero-order valence-electron chi connectivity index (χ0n) is 14.1. The number of likely N-dealkylation sites (tertiary alicyclic amines) is 2. The molecule has 6 heteroatoms. The van der Waals surface area contributed by atoms with Crippen molar-refractivity contribution in [3.05, 3.63) is 30.1 Å². The number of amides is 2. The Morgan fingerprint density at radius 1 is 1.33 bits per heavy atom. The average Bonchev–Trinajstić information content (AvgIpc) is 3.29. The molecule has 0 unspecified atom stereocenters. The maximum absolute atomic E-state index is 12.3. The molecule has 0 radical (unpaired) electrons. The van der Waals surface area contributed by atoms with Crippen LogP contribution in [0.2, 0.25) is 0 Å². The second kappa shape index (κ2) is 6.69. The molecular weight excluding hydrogens is 304 g/mol. The molecule has 4 rings (SSSR count). The predicted molar refractivity (Wildman–Crippen MR) is 90.5 cm³/mol. The van der Waals surface area contributed by atoms with Crippen LogP contribution < -0.4 is 5.32 Å². The minimum absolute atomic E-state index is 0.0718. The van der Waals surface area contributed by atoms with Crippen LogP contribution in [0.3, 0.4) is 0 Å². The number of carbonyl (C=O) groups is 1. The van der Waals surface area contributed by atoms with Crippen molar-refractivity contribution in [3.8, 4) is 0 Å². The topological polar surface area (TPSA) is 57.7 Å². The number of ether oxygens (including phenoxy) is 1. The van der Waals surface area contributed by atoms with Gasteiger partial charge in [-0.25, -0.2) is 4.79 Å². The lowest BCUT2D eigenvalue weighted by atomic mass is 9.81. The minimum atomic E-state index is 0.0718. The van der Waals surface area contributed by atoms with Gasteiger partial charge in [0, 0.05) is 63.0 Å².